The molecule has 1 amide bonds. The molecule has 0 fully saturated rings. The largest absolute Gasteiger partial charge is 0.279 e. The van der Waals surface area contributed by atoms with Crippen LogP contribution in [-0.2, 0) is 17.6 Å². The van der Waals surface area contributed by atoms with Crippen molar-refractivity contribution in [1.82, 2.24) is 25.2 Å². The first-order valence-corrected chi connectivity index (χ1v) is 9.92. The topological polar surface area (TPSA) is 76.8 Å². The molecule has 1 aliphatic heterocycles. The second-order valence-electron chi connectivity index (χ2n) is 7.28. The van der Waals surface area contributed by atoms with Crippen LogP contribution in [0.25, 0.3) is 11.4 Å². The zero-order chi connectivity index (χ0) is 20.5. The van der Waals surface area contributed by atoms with Crippen molar-refractivity contribution in [3.8, 4) is 11.4 Å². The minimum Gasteiger partial charge on any atom is -0.279 e. The molecule has 2 aromatic heterocycles. The van der Waals surface area contributed by atoms with E-state index in [9.17, 15) is 4.79 Å². The summed E-state index contributed by atoms with van der Waals surface area (Å²) in [6.45, 7) is 1.80. The van der Waals surface area contributed by atoms with Gasteiger partial charge in [0.15, 0.2) is 0 Å². The molecule has 3 heterocycles. The third kappa shape index (κ3) is 3.14. The summed E-state index contributed by atoms with van der Waals surface area (Å²) in [5.74, 6) is 0.339. The van der Waals surface area contributed by atoms with Gasteiger partial charge in [-0.05, 0) is 60.4 Å². The van der Waals surface area contributed by atoms with Crippen LogP contribution in [0.4, 0.5) is 11.4 Å². The van der Waals surface area contributed by atoms with E-state index in [0.29, 0.717) is 5.82 Å². The second kappa shape index (κ2) is 7.51. The zero-order valence-corrected chi connectivity index (χ0v) is 16.5. The lowest BCUT2D eigenvalue weighted by Crippen LogP contribution is -2.34. The molecule has 0 N–H and O–H groups in total. The molecule has 0 saturated heterocycles. The molecular formula is C23H20N6O. The normalized spacial score (nSPS) is 13.8. The Hall–Kier alpha value is -3.87. The molecule has 0 radical (unpaired) electrons. The number of fused-ring (bicyclic) bond motifs is 2. The average molecular weight is 396 g/mol. The molecule has 5 rings (SSSR count). The molecule has 0 spiro atoms. The summed E-state index contributed by atoms with van der Waals surface area (Å²) in [6.07, 6.45) is 5.14. The minimum atomic E-state index is -0.623. The average Bonchev–Trinajstić information content (AvgIpc) is 3.23. The van der Waals surface area contributed by atoms with E-state index in [1.165, 1.54) is 4.80 Å². The fourth-order valence-corrected chi connectivity index (χ4v) is 3.80. The number of nitrogens with zero attached hydrogens (tertiary/aromatic N) is 6. The van der Waals surface area contributed by atoms with Gasteiger partial charge in [0.05, 0.1) is 11.4 Å². The Morgan fingerprint density at radius 1 is 0.933 bits per heavy atom. The van der Waals surface area contributed by atoms with Gasteiger partial charge in [-0.15, -0.1) is 10.2 Å². The SMILES string of the molecule is C[C@H](C(=O)N1c2ccccc2CCc2ccccc21)n1nnc(-c2cccnc2)n1. The number of aryl methyl sites for hydroxylation is 2. The Kier molecular flexibility index (Phi) is 4.55. The Labute approximate surface area is 174 Å². The summed E-state index contributed by atoms with van der Waals surface area (Å²) in [6, 6.07) is 19.2. The highest BCUT2D eigenvalue weighted by molar-refractivity contribution is 6.04. The summed E-state index contributed by atoms with van der Waals surface area (Å²) in [7, 11) is 0. The fraction of sp³-hybridized carbons (Fsp3) is 0.174. The van der Waals surface area contributed by atoms with Crippen molar-refractivity contribution in [2.45, 2.75) is 25.8 Å². The van der Waals surface area contributed by atoms with E-state index in [1.54, 1.807) is 24.2 Å². The number of para-hydroxylation sites is 2. The molecule has 1 atom stereocenters. The van der Waals surface area contributed by atoms with Crippen LogP contribution < -0.4 is 4.90 Å². The van der Waals surface area contributed by atoms with E-state index < -0.39 is 6.04 Å². The quantitative estimate of drug-likeness (QED) is 0.527. The van der Waals surface area contributed by atoms with Crippen LogP contribution in [0.3, 0.4) is 0 Å². The van der Waals surface area contributed by atoms with E-state index in [2.05, 4.69) is 32.5 Å². The number of hydrogen-bond acceptors (Lipinski definition) is 5. The molecule has 1 aliphatic rings. The number of aromatic nitrogens is 5. The van der Waals surface area contributed by atoms with Crippen LogP contribution in [0.5, 0.6) is 0 Å². The van der Waals surface area contributed by atoms with Gasteiger partial charge in [0, 0.05) is 18.0 Å². The number of carbonyl (C=O) groups excluding carboxylic acids is 1. The van der Waals surface area contributed by atoms with E-state index in [4.69, 9.17) is 0 Å². The van der Waals surface area contributed by atoms with Gasteiger partial charge in [-0.1, -0.05) is 36.4 Å². The van der Waals surface area contributed by atoms with E-state index in [0.717, 1.165) is 40.9 Å². The summed E-state index contributed by atoms with van der Waals surface area (Å²) < 4.78 is 0. The maximum atomic E-state index is 13.7. The highest BCUT2D eigenvalue weighted by Gasteiger charge is 2.30. The highest BCUT2D eigenvalue weighted by Crippen LogP contribution is 2.37. The van der Waals surface area contributed by atoms with Crippen LogP contribution in [0.1, 0.15) is 24.1 Å². The smallest absolute Gasteiger partial charge is 0.258 e. The van der Waals surface area contributed by atoms with Crippen molar-refractivity contribution in [3.63, 3.8) is 0 Å². The number of hydrogen-bond donors (Lipinski definition) is 0. The van der Waals surface area contributed by atoms with Crippen LogP contribution in [0, 0.1) is 0 Å². The Morgan fingerprint density at radius 3 is 2.23 bits per heavy atom. The van der Waals surface area contributed by atoms with Crippen molar-refractivity contribution >= 4 is 17.3 Å². The van der Waals surface area contributed by atoms with Gasteiger partial charge in [-0.3, -0.25) is 14.7 Å². The van der Waals surface area contributed by atoms with Gasteiger partial charge < -0.3 is 0 Å². The number of amides is 1. The summed E-state index contributed by atoms with van der Waals surface area (Å²) in [5, 5.41) is 12.7. The second-order valence-corrected chi connectivity index (χ2v) is 7.28. The van der Waals surface area contributed by atoms with Crippen LogP contribution in [-0.4, -0.2) is 31.1 Å². The standard InChI is InChI=1S/C23H20N6O/c1-16(29-26-22(25-27-29)19-9-6-14-24-15-19)23(30)28-20-10-4-2-7-17(20)12-13-18-8-3-5-11-21(18)28/h2-11,14-16H,12-13H2,1H3/t16-/m1/s1. The lowest BCUT2D eigenvalue weighted by molar-refractivity contribution is -0.121. The maximum absolute atomic E-state index is 13.7. The van der Waals surface area contributed by atoms with Crippen LogP contribution in [0.2, 0.25) is 0 Å². The number of tetrazole rings is 1. The number of rotatable bonds is 3. The summed E-state index contributed by atoms with van der Waals surface area (Å²) in [5.41, 5.74) is 4.88. The third-order valence-corrected chi connectivity index (χ3v) is 5.40. The number of carbonyl (C=O) groups is 1. The monoisotopic (exact) mass is 396 g/mol. The van der Waals surface area contributed by atoms with Crippen molar-refractivity contribution in [3.05, 3.63) is 84.2 Å². The first kappa shape index (κ1) is 18.2. The summed E-state index contributed by atoms with van der Waals surface area (Å²) in [4.78, 5) is 21.0. The minimum absolute atomic E-state index is 0.105. The first-order valence-electron chi connectivity index (χ1n) is 9.92. The zero-order valence-electron chi connectivity index (χ0n) is 16.5. The molecule has 0 aliphatic carbocycles. The third-order valence-electron chi connectivity index (χ3n) is 5.40. The lowest BCUT2D eigenvalue weighted by atomic mass is 10.0. The molecule has 148 valence electrons. The van der Waals surface area contributed by atoms with E-state index in [1.807, 2.05) is 48.5 Å². The lowest BCUT2D eigenvalue weighted by Gasteiger charge is -2.27. The Bertz CT molecular complexity index is 1160. The predicted molar refractivity (Wildman–Crippen MR) is 113 cm³/mol. The molecule has 0 bridgehead atoms. The molecule has 7 heteroatoms. The van der Waals surface area contributed by atoms with Crippen molar-refractivity contribution < 1.29 is 4.79 Å². The Morgan fingerprint density at radius 2 is 1.60 bits per heavy atom. The van der Waals surface area contributed by atoms with Gasteiger partial charge >= 0.3 is 0 Å². The molecule has 2 aromatic carbocycles. The molecule has 30 heavy (non-hydrogen) atoms. The van der Waals surface area contributed by atoms with Gasteiger partial charge in [0.1, 0.15) is 6.04 Å². The molecule has 4 aromatic rings. The van der Waals surface area contributed by atoms with Crippen LogP contribution in [0.15, 0.2) is 73.1 Å². The van der Waals surface area contributed by atoms with Crippen molar-refractivity contribution in [2.75, 3.05) is 4.90 Å². The maximum Gasteiger partial charge on any atom is 0.258 e. The fourth-order valence-electron chi connectivity index (χ4n) is 3.80. The van der Waals surface area contributed by atoms with Gasteiger partial charge in [-0.25, -0.2) is 0 Å². The van der Waals surface area contributed by atoms with Gasteiger partial charge in [0.25, 0.3) is 5.91 Å². The van der Waals surface area contributed by atoms with Crippen molar-refractivity contribution in [1.29, 1.82) is 0 Å². The molecule has 7 nitrogen and oxygen atoms in total. The highest BCUT2D eigenvalue weighted by atomic mass is 16.2. The predicted octanol–water partition coefficient (Wildman–Crippen LogP) is 3.76. The van der Waals surface area contributed by atoms with E-state index in [-0.39, 0.29) is 5.91 Å². The molecule has 0 unspecified atom stereocenters. The Balaban J connectivity index is 1.54. The van der Waals surface area contributed by atoms with E-state index >= 15 is 0 Å². The summed E-state index contributed by atoms with van der Waals surface area (Å²) >= 11 is 0. The number of anilines is 2. The van der Waals surface area contributed by atoms with Gasteiger partial charge in [0.2, 0.25) is 5.82 Å². The number of pyridine rings is 1. The first-order chi connectivity index (χ1) is 14.7. The van der Waals surface area contributed by atoms with Crippen LogP contribution >= 0.6 is 0 Å². The molecular weight excluding hydrogens is 376 g/mol. The molecule has 0 saturated carbocycles. The van der Waals surface area contributed by atoms with Crippen molar-refractivity contribution in [2.24, 2.45) is 0 Å². The number of benzene rings is 2. The van der Waals surface area contributed by atoms with Gasteiger partial charge in [-0.2, -0.15) is 4.80 Å².